The minimum atomic E-state index is -0.449. The number of hydrogen-bond donors (Lipinski definition) is 0. The number of carbonyl (C=O) groups is 1. The van der Waals surface area contributed by atoms with Gasteiger partial charge in [-0.3, -0.25) is 19.8 Å². The molecular weight excluding hydrogens is 270 g/mol. The minimum Gasteiger partial charge on any atom is -0.343 e. The summed E-state index contributed by atoms with van der Waals surface area (Å²) in [6.07, 6.45) is 0. The molecule has 0 saturated carbocycles. The van der Waals surface area contributed by atoms with Crippen LogP contribution in [-0.4, -0.2) is 47.3 Å². The first-order valence-electron chi connectivity index (χ1n) is 5.86. The number of amides is 1. The number of likely N-dealkylation sites (N-methyl/N-ethyl adjacent to an activating group) is 1. The fraction of sp³-hybridized carbons (Fsp3) is 0.417. The zero-order valence-corrected chi connectivity index (χ0v) is 11.3. The van der Waals surface area contributed by atoms with E-state index in [2.05, 4.69) is 0 Å². The van der Waals surface area contributed by atoms with Crippen molar-refractivity contribution in [3.63, 3.8) is 0 Å². The van der Waals surface area contributed by atoms with Crippen LogP contribution in [0.25, 0.3) is 0 Å². The van der Waals surface area contributed by atoms with Gasteiger partial charge in [-0.15, -0.1) is 0 Å². The molecule has 0 aliphatic carbocycles. The predicted molar refractivity (Wildman–Crippen MR) is 71.0 cm³/mol. The maximum absolute atomic E-state index is 11.6. The molecule has 1 heterocycles. The fourth-order valence-corrected chi connectivity index (χ4v) is 2.16. The van der Waals surface area contributed by atoms with Gasteiger partial charge in [0.15, 0.2) is 0 Å². The highest BCUT2D eigenvalue weighted by Gasteiger charge is 2.22. The van der Waals surface area contributed by atoms with Crippen LogP contribution >= 0.6 is 11.6 Å². The average Bonchev–Trinajstić information content (AvgIpc) is 2.36. The van der Waals surface area contributed by atoms with Crippen molar-refractivity contribution in [2.24, 2.45) is 0 Å². The Bertz CT molecular complexity index is 521. The summed E-state index contributed by atoms with van der Waals surface area (Å²) < 4.78 is 0. The predicted octanol–water partition coefficient (Wildman–Crippen LogP) is 1.52. The van der Waals surface area contributed by atoms with E-state index < -0.39 is 4.92 Å². The van der Waals surface area contributed by atoms with Crippen LogP contribution in [0.5, 0.6) is 0 Å². The van der Waals surface area contributed by atoms with Crippen molar-refractivity contribution in [1.29, 1.82) is 0 Å². The van der Waals surface area contributed by atoms with E-state index in [1.807, 2.05) is 4.90 Å². The largest absolute Gasteiger partial charge is 0.343 e. The molecule has 0 spiro atoms. The monoisotopic (exact) mass is 283 g/mol. The van der Waals surface area contributed by atoms with Crippen LogP contribution in [0.1, 0.15) is 5.56 Å². The molecule has 0 atom stereocenters. The van der Waals surface area contributed by atoms with Crippen LogP contribution in [0.15, 0.2) is 18.2 Å². The second-order valence-electron chi connectivity index (χ2n) is 4.56. The van der Waals surface area contributed by atoms with Crippen molar-refractivity contribution in [3.05, 3.63) is 38.9 Å². The number of rotatable bonds is 3. The smallest absolute Gasteiger partial charge is 0.269 e. The van der Waals surface area contributed by atoms with Gasteiger partial charge in [0, 0.05) is 43.8 Å². The number of nitro groups is 1. The van der Waals surface area contributed by atoms with E-state index >= 15 is 0 Å². The van der Waals surface area contributed by atoms with Crippen molar-refractivity contribution in [1.82, 2.24) is 9.80 Å². The third-order valence-electron chi connectivity index (χ3n) is 3.17. The van der Waals surface area contributed by atoms with Crippen molar-refractivity contribution in [3.8, 4) is 0 Å². The van der Waals surface area contributed by atoms with E-state index in [1.54, 1.807) is 11.9 Å². The van der Waals surface area contributed by atoms with Gasteiger partial charge in [0.1, 0.15) is 0 Å². The van der Waals surface area contributed by atoms with Gasteiger partial charge in [0.05, 0.1) is 11.5 Å². The molecule has 2 rings (SSSR count). The van der Waals surface area contributed by atoms with Crippen LogP contribution < -0.4 is 0 Å². The first-order chi connectivity index (χ1) is 8.97. The summed E-state index contributed by atoms with van der Waals surface area (Å²) in [7, 11) is 1.76. The molecular formula is C12H14ClN3O3. The molecule has 0 radical (unpaired) electrons. The highest BCUT2D eigenvalue weighted by atomic mass is 35.5. The molecule has 19 heavy (non-hydrogen) atoms. The lowest BCUT2D eigenvalue weighted by molar-refractivity contribution is -0.384. The molecule has 1 aliphatic rings. The normalized spacial score (nSPS) is 16.7. The Kier molecular flexibility index (Phi) is 4.01. The third kappa shape index (κ3) is 3.21. The van der Waals surface area contributed by atoms with Gasteiger partial charge in [-0.2, -0.15) is 0 Å². The summed E-state index contributed by atoms with van der Waals surface area (Å²) in [5.74, 6) is 0.0489. The molecule has 0 aromatic heterocycles. The van der Waals surface area contributed by atoms with Gasteiger partial charge in [-0.25, -0.2) is 0 Å². The Morgan fingerprint density at radius 2 is 2.16 bits per heavy atom. The summed E-state index contributed by atoms with van der Waals surface area (Å²) >= 11 is 6.04. The van der Waals surface area contributed by atoms with E-state index in [9.17, 15) is 14.9 Å². The number of piperazine rings is 1. The highest BCUT2D eigenvalue weighted by Crippen LogP contribution is 2.23. The summed E-state index contributed by atoms with van der Waals surface area (Å²) in [6.45, 7) is 2.16. The summed E-state index contributed by atoms with van der Waals surface area (Å²) in [4.78, 5) is 25.5. The highest BCUT2D eigenvalue weighted by molar-refractivity contribution is 6.31. The number of carbonyl (C=O) groups excluding carboxylic acids is 1. The Hall–Kier alpha value is -1.66. The second-order valence-corrected chi connectivity index (χ2v) is 4.97. The molecule has 7 heteroatoms. The van der Waals surface area contributed by atoms with Crippen molar-refractivity contribution >= 4 is 23.2 Å². The third-order valence-corrected chi connectivity index (χ3v) is 3.54. The number of halogens is 1. The molecule has 1 aromatic rings. The summed E-state index contributed by atoms with van der Waals surface area (Å²) in [5, 5.41) is 11.2. The molecule has 1 aromatic carbocycles. The molecule has 1 saturated heterocycles. The van der Waals surface area contributed by atoms with Gasteiger partial charge >= 0.3 is 0 Å². The number of nitrogens with zero attached hydrogens (tertiary/aromatic N) is 3. The number of hydrogen-bond acceptors (Lipinski definition) is 4. The topological polar surface area (TPSA) is 66.7 Å². The molecule has 1 fully saturated rings. The van der Waals surface area contributed by atoms with Crippen LogP contribution in [0, 0.1) is 10.1 Å². The van der Waals surface area contributed by atoms with Crippen LogP contribution in [0.2, 0.25) is 5.02 Å². The van der Waals surface area contributed by atoms with Crippen molar-refractivity contribution in [2.75, 3.05) is 26.7 Å². The van der Waals surface area contributed by atoms with Crippen molar-refractivity contribution < 1.29 is 9.72 Å². The first-order valence-corrected chi connectivity index (χ1v) is 6.24. The fourth-order valence-electron chi connectivity index (χ4n) is 1.98. The average molecular weight is 284 g/mol. The first kappa shape index (κ1) is 13.8. The van der Waals surface area contributed by atoms with E-state index in [1.165, 1.54) is 18.2 Å². The second kappa shape index (κ2) is 5.54. The summed E-state index contributed by atoms with van der Waals surface area (Å²) in [5.41, 5.74) is 0.688. The Morgan fingerprint density at radius 1 is 1.42 bits per heavy atom. The Balaban J connectivity index is 2.12. The van der Waals surface area contributed by atoms with Gasteiger partial charge in [-0.05, 0) is 11.6 Å². The number of non-ortho nitro benzene ring substituents is 1. The maximum atomic E-state index is 11.6. The zero-order chi connectivity index (χ0) is 14.0. The maximum Gasteiger partial charge on any atom is 0.269 e. The SMILES string of the molecule is CN1CCN(Cc2cc([N+](=O)[O-])ccc2Cl)CC1=O. The molecule has 6 nitrogen and oxygen atoms in total. The lowest BCUT2D eigenvalue weighted by Crippen LogP contribution is -2.47. The molecule has 102 valence electrons. The van der Waals surface area contributed by atoms with E-state index in [0.717, 1.165) is 6.54 Å². The van der Waals surface area contributed by atoms with E-state index in [4.69, 9.17) is 11.6 Å². The van der Waals surface area contributed by atoms with Gasteiger partial charge in [0.2, 0.25) is 5.91 Å². The molecule has 0 bridgehead atoms. The molecule has 0 unspecified atom stereocenters. The van der Waals surface area contributed by atoms with Crippen molar-refractivity contribution in [2.45, 2.75) is 6.54 Å². The number of benzene rings is 1. The van der Waals surface area contributed by atoms with Gasteiger partial charge in [-0.1, -0.05) is 11.6 Å². The van der Waals surface area contributed by atoms with Crippen LogP contribution in [-0.2, 0) is 11.3 Å². The van der Waals surface area contributed by atoms with Gasteiger partial charge < -0.3 is 4.90 Å². The Labute approximate surface area is 115 Å². The zero-order valence-electron chi connectivity index (χ0n) is 10.5. The van der Waals surface area contributed by atoms with Crippen LogP contribution in [0.3, 0.4) is 0 Å². The van der Waals surface area contributed by atoms with Gasteiger partial charge in [0.25, 0.3) is 5.69 Å². The molecule has 1 aliphatic heterocycles. The lowest BCUT2D eigenvalue weighted by Gasteiger charge is -2.32. The summed E-state index contributed by atoms with van der Waals surface area (Å²) in [6, 6.07) is 4.36. The van der Waals surface area contributed by atoms with E-state index in [0.29, 0.717) is 30.2 Å². The molecule has 1 amide bonds. The quantitative estimate of drug-likeness (QED) is 0.623. The standard InChI is InChI=1S/C12H14ClN3O3/c1-14-4-5-15(8-12(14)17)7-9-6-10(16(18)19)2-3-11(9)13/h2-3,6H,4-5,7-8H2,1H3. The lowest BCUT2D eigenvalue weighted by atomic mass is 10.1. The minimum absolute atomic E-state index is 0.0138. The Morgan fingerprint density at radius 3 is 2.79 bits per heavy atom. The number of nitro benzene ring substituents is 1. The van der Waals surface area contributed by atoms with Crippen LogP contribution in [0.4, 0.5) is 5.69 Å². The van der Waals surface area contributed by atoms with E-state index in [-0.39, 0.29) is 11.6 Å². The molecule has 0 N–H and O–H groups in total.